The molecule has 0 aromatic heterocycles. The molecule has 5 heteroatoms. The van der Waals surface area contributed by atoms with E-state index in [1.165, 1.54) is 6.07 Å². The van der Waals surface area contributed by atoms with Crippen molar-refractivity contribution in [3.63, 3.8) is 0 Å². The molecule has 3 unspecified atom stereocenters. The van der Waals surface area contributed by atoms with Crippen LogP contribution in [0.5, 0.6) is 5.75 Å². The topological polar surface area (TPSA) is 61.7 Å². The Bertz CT molecular complexity index is 430. The quantitative estimate of drug-likeness (QED) is 0.681. The lowest BCUT2D eigenvalue weighted by Crippen LogP contribution is -2.35. The second kappa shape index (κ2) is 8.32. The molecule has 1 saturated carbocycles. The third-order valence-corrected chi connectivity index (χ3v) is 4.11. The zero-order valence-electron chi connectivity index (χ0n) is 12.2. The first-order valence-corrected chi connectivity index (χ1v) is 7.57. The maximum absolute atomic E-state index is 13.3. The molecular formula is C16H24FNO3. The van der Waals surface area contributed by atoms with Crippen molar-refractivity contribution in [3.8, 4) is 5.75 Å². The van der Waals surface area contributed by atoms with Gasteiger partial charge in [0.15, 0.2) is 11.6 Å². The first-order valence-electron chi connectivity index (χ1n) is 7.57. The summed E-state index contributed by atoms with van der Waals surface area (Å²) < 4.78 is 18.6. The smallest absolute Gasteiger partial charge is 0.165 e. The summed E-state index contributed by atoms with van der Waals surface area (Å²) in [5.41, 5.74) is 0. The molecule has 0 aliphatic heterocycles. The maximum atomic E-state index is 13.3. The van der Waals surface area contributed by atoms with Crippen molar-refractivity contribution in [3.05, 3.63) is 30.1 Å². The molecule has 0 saturated heterocycles. The predicted molar refractivity (Wildman–Crippen MR) is 78.7 cm³/mol. The van der Waals surface area contributed by atoms with Gasteiger partial charge in [-0.3, -0.25) is 0 Å². The van der Waals surface area contributed by atoms with Crippen LogP contribution in [0.25, 0.3) is 0 Å². The summed E-state index contributed by atoms with van der Waals surface area (Å²) in [6.45, 7) is 1.50. The van der Waals surface area contributed by atoms with Gasteiger partial charge in [-0.1, -0.05) is 18.6 Å². The summed E-state index contributed by atoms with van der Waals surface area (Å²) in [6, 6.07) is 6.16. The van der Waals surface area contributed by atoms with E-state index >= 15 is 0 Å². The monoisotopic (exact) mass is 297 g/mol. The van der Waals surface area contributed by atoms with E-state index in [0.29, 0.717) is 18.4 Å². The number of ether oxygens (including phenoxy) is 1. The van der Waals surface area contributed by atoms with E-state index in [1.807, 2.05) is 0 Å². The largest absolute Gasteiger partial charge is 0.488 e. The lowest BCUT2D eigenvalue weighted by atomic mass is 9.97. The van der Waals surface area contributed by atoms with Gasteiger partial charge in [0.05, 0.1) is 0 Å². The number of aliphatic hydroxyl groups is 2. The highest BCUT2D eigenvalue weighted by molar-refractivity contribution is 5.23. The number of para-hydroxylation sites is 1. The lowest BCUT2D eigenvalue weighted by molar-refractivity contribution is 0.101. The highest BCUT2D eigenvalue weighted by atomic mass is 19.1. The molecule has 0 radical (unpaired) electrons. The molecule has 4 nitrogen and oxygen atoms in total. The van der Waals surface area contributed by atoms with Crippen molar-refractivity contribution in [1.82, 2.24) is 5.32 Å². The second-order valence-corrected chi connectivity index (χ2v) is 5.69. The van der Waals surface area contributed by atoms with E-state index in [-0.39, 0.29) is 19.0 Å². The Morgan fingerprint density at radius 1 is 1.29 bits per heavy atom. The molecule has 0 spiro atoms. The summed E-state index contributed by atoms with van der Waals surface area (Å²) in [6.07, 6.45) is 2.69. The summed E-state index contributed by atoms with van der Waals surface area (Å²) in [4.78, 5) is 0. The number of hydrogen-bond donors (Lipinski definition) is 3. The van der Waals surface area contributed by atoms with Gasteiger partial charge in [-0.05, 0) is 43.4 Å². The molecule has 1 aromatic carbocycles. The molecule has 21 heavy (non-hydrogen) atoms. The van der Waals surface area contributed by atoms with Crippen LogP contribution in [0.4, 0.5) is 4.39 Å². The third-order valence-electron chi connectivity index (χ3n) is 4.11. The van der Waals surface area contributed by atoms with Crippen molar-refractivity contribution in [2.45, 2.75) is 25.4 Å². The SMILES string of the molecule is OCC1CCCC1CNCC(O)COc1ccccc1F. The Balaban J connectivity index is 1.64. The van der Waals surface area contributed by atoms with E-state index in [1.54, 1.807) is 18.2 Å². The normalized spacial score (nSPS) is 23.2. The van der Waals surface area contributed by atoms with Crippen LogP contribution in [0.15, 0.2) is 24.3 Å². The summed E-state index contributed by atoms with van der Waals surface area (Å²) >= 11 is 0. The van der Waals surface area contributed by atoms with Crippen LogP contribution in [-0.4, -0.2) is 42.6 Å². The Morgan fingerprint density at radius 3 is 2.81 bits per heavy atom. The van der Waals surface area contributed by atoms with E-state index in [2.05, 4.69) is 5.32 Å². The van der Waals surface area contributed by atoms with Gasteiger partial charge in [-0.25, -0.2) is 4.39 Å². The standard InChI is InChI=1S/C16H24FNO3/c17-15-6-1-2-7-16(15)21-11-14(20)9-18-8-12-4-3-5-13(12)10-19/h1-2,6-7,12-14,18-20H,3-5,8-11H2. The Hall–Kier alpha value is -1.17. The number of nitrogens with one attached hydrogen (secondary N) is 1. The van der Waals surface area contributed by atoms with Gasteiger partial charge < -0.3 is 20.3 Å². The fourth-order valence-corrected chi connectivity index (χ4v) is 2.86. The van der Waals surface area contributed by atoms with E-state index in [0.717, 1.165) is 25.8 Å². The number of aliphatic hydroxyl groups excluding tert-OH is 2. The van der Waals surface area contributed by atoms with Crippen molar-refractivity contribution in [2.75, 3.05) is 26.3 Å². The molecule has 118 valence electrons. The van der Waals surface area contributed by atoms with Crippen LogP contribution < -0.4 is 10.1 Å². The average Bonchev–Trinajstić information content (AvgIpc) is 2.94. The Morgan fingerprint density at radius 2 is 2.05 bits per heavy atom. The molecule has 0 amide bonds. The molecular weight excluding hydrogens is 273 g/mol. The first kappa shape index (κ1) is 16.2. The predicted octanol–water partition coefficient (Wildman–Crippen LogP) is 1.56. The molecule has 0 bridgehead atoms. The van der Waals surface area contributed by atoms with Crippen LogP contribution in [0, 0.1) is 17.7 Å². The van der Waals surface area contributed by atoms with Gasteiger partial charge >= 0.3 is 0 Å². The van der Waals surface area contributed by atoms with E-state index in [4.69, 9.17) is 4.74 Å². The molecule has 3 N–H and O–H groups in total. The van der Waals surface area contributed by atoms with Crippen LogP contribution in [0.3, 0.4) is 0 Å². The number of hydrogen-bond acceptors (Lipinski definition) is 4. The minimum absolute atomic E-state index is 0.0576. The van der Waals surface area contributed by atoms with Gasteiger partial charge in [0.25, 0.3) is 0 Å². The van der Waals surface area contributed by atoms with Crippen LogP contribution in [0.2, 0.25) is 0 Å². The lowest BCUT2D eigenvalue weighted by Gasteiger charge is -2.19. The van der Waals surface area contributed by atoms with E-state index < -0.39 is 11.9 Å². The molecule has 1 aliphatic rings. The summed E-state index contributed by atoms with van der Waals surface area (Å²) in [5.74, 6) is 0.598. The molecule has 1 aliphatic carbocycles. The molecule has 0 heterocycles. The Kier molecular flexibility index (Phi) is 6.42. The average molecular weight is 297 g/mol. The molecule has 1 fully saturated rings. The zero-order chi connectivity index (χ0) is 15.1. The minimum Gasteiger partial charge on any atom is -0.488 e. The van der Waals surface area contributed by atoms with Gasteiger partial charge in [0.1, 0.15) is 12.7 Å². The van der Waals surface area contributed by atoms with Crippen molar-refractivity contribution < 1.29 is 19.3 Å². The highest BCUT2D eigenvalue weighted by Gasteiger charge is 2.26. The Labute approximate surface area is 124 Å². The van der Waals surface area contributed by atoms with Crippen molar-refractivity contribution in [1.29, 1.82) is 0 Å². The zero-order valence-corrected chi connectivity index (χ0v) is 12.2. The van der Waals surface area contributed by atoms with Gasteiger partial charge in [-0.15, -0.1) is 0 Å². The molecule has 3 atom stereocenters. The van der Waals surface area contributed by atoms with Crippen molar-refractivity contribution in [2.24, 2.45) is 11.8 Å². The fraction of sp³-hybridized carbons (Fsp3) is 0.625. The van der Waals surface area contributed by atoms with Crippen LogP contribution in [0.1, 0.15) is 19.3 Å². The van der Waals surface area contributed by atoms with Crippen LogP contribution in [-0.2, 0) is 0 Å². The number of halogens is 1. The van der Waals surface area contributed by atoms with Gasteiger partial charge in [-0.2, -0.15) is 0 Å². The molecule has 1 aromatic rings. The third kappa shape index (κ3) is 4.95. The second-order valence-electron chi connectivity index (χ2n) is 5.69. The van der Waals surface area contributed by atoms with Gasteiger partial charge in [0.2, 0.25) is 0 Å². The first-order chi connectivity index (χ1) is 10.2. The van der Waals surface area contributed by atoms with E-state index in [9.17, 15) is 14.6 Å². The van der Waals surface area contributed by atoms with Crippen LogP contribution >= 0.6 is 0 Å². The van der Waals surface area contributed by atoms with Crippen molar-refractivity contribution >= 4 is 0 Å². The number of benzene rings is 1. The fourth-order valence-electron chi connectivity index (χ4n) is 2.86. The summed E-state index contributed by atoms with van der Waals surface area (Å²) in [5, 5.41) is 22.3. The minimum atomic E-state index is -0.682. The summed E-state index contributed by atoms with van der Waals surface area (Å²) in [7, 11) is 0. The van der Waals surface area contributed by atoms with Gasteiger partial charge in [0, 0.05) is 13.2 Å². The molecule has 2 rings (SSSR count). The highest BCUT2D eigenvalue weighted by Crippen LogP contribution is 2.30. The maximum Gasteiger partial charge on any atom is 0.165 e. The number of rotatable bonds is 8.